The Morgan fingerprint density at radius 2 is 1.67 bits per heavy atom. The van der Waals surface area contributed by atoms with Crippen molar-refractivity contribution in [1.82, 2.24) is 0 Å². The molecule has 0 N–H and O–H groups in total. The van der Waals surface area contributed by atoms with Gasteiger partial charge in [-0.15, -0.1) is 0 Å². The maximum absolute atomic E-state index is 2.23. The normalized spacial score (nSPS) is 19.8. The van der Waals surface area contributed by atoms with Crippen molar-refractivity contribution in [3.05, 3.63) is 20.0 Å². The first-order valence-corrected chi connectivity index (χ1v) is 4.15. The molecule has 0 aliphatic heterocycles. The van der Waals surface area contributed by atoms with Crippen molar-refractivity contribution in [2.45, 2.75) is 27.2 Å². The molecule has 0 aromatic heterocycles. The van der Waals surface area contributed by atoms with Crippen LogP contribution in [0.15, 0.2) is 20.0 Å². The molecule has 0 unspecified atom stereocenters. The zero-order valence-electron chi connectivity index (χ0n) is 6.28. The Labute approximate surface area is 71.6 Å². The topological polar surface area (TPSA) is 0 Å². The third kappa shape index (κ3) is 1.26. The van der Waals surface area contributed by atoms with Crippen molar-refractivity contribution in [1.29, 1.82) is 0 Å². The summed E-state index contributed by atoms with van der Waals surface area (Å²) in [5, 5.41) is 0. The molecule has 0 saturated carbocycles. The van der Waals surface area contributed by atoms with Crippen molar-refractivity contribution in [2.75, 3.05) is 0 Å². The number of hydrogen-bond acceptors (Lipinski definition) is 0. The standard InChI is InChI=1S/C8H11.Sc/c1-6-4-5-7(2)8(6)3;/h4H2,1-3H3;. The summed E-state index contributed by atoms with van der Waals surface area (Å²) in [6.45, 7) is 6.67. The Balaban J connectivity index is 2.97. The van der Waals surface area contributed by atoms with E-state index in [1.165, 1.54) is 17.6 Å². The van der Waals surface area contributed by atoms with E-state index in [2.05, 4.69) is 20.8 Å². The van der Waals surface area contributed by atoms with Gasteiger partial charge < -0.3 is 0 Å². The molecule has 1 aliphatic rings. The fraction of sp³-hybridized carbons (Fsp3) is 0.500. The Kier molecular flexibility index (Phi) is 2.10. The van der Waals surface area contributed by atoms with E-state index in [4.69, 9.17) is 0 Å². The Morgan fingerprint density at radius 3 is 1.78 bits per heavy atom. The van der Waals surface area contributed by atoms with Crippen LogP contribution in [0.2, 0.25) is 0 Å². The van der Waals surface area contributed by atoms with Gasteiger partial charge in [0.15, 0.2) is 0 Å². The SMILES string of the molecule is CC1=C(C)C(C)=[C]([Sc])C1. The van der Waals surface area contributed by atoms with Crippen LogP contribution in [0.5, 0.6) is 0 Å². The van der Waals surface area contributed by atoms with Crippen LogP contribution >= 0.6 is 0 Å². The third-order valence-electron chi connectivity index (χ3n) is 2.14. The molecule has 0 amide bonds. The first-order valence-electron chi connectivity index (χ1n) is 3.25. The van der Waals surface area contributed by atoms with Crippen LogP contribution in [-0.4, -0.2) is 0 Å². The van der Waals surface area contributed by atoms with Gasteiger partial charge in [0.1, 0.15) is 0 Å². The van der Waals surface area contributed by atoms with E-state index in [0.717, 1.165) is 0 Å². The van der Waals surface area contributed by atoms with Crippen molar-refractivity contribution in [3.63, 3.8) is 0 Å². The second kappa shape index (κ2) is 2.53. The molecule has 1 rings (SSSR count). The monoisotopic (exact) mass is 152 g/mol. The number of hydrogen-bond donors (Lipinski definition) is 0. The van der Waals surface area contributed by atoms with E-state index >= 15 is 0 Å². The van der Waals surface area contributed by atoms with Crippen molar-refractivity contribution in [3.8, 4) is 0 Å². The fourth-order valence-electron chi connectivity index (χ4n) is 1.11. The molecule has 0 aromatic carbocycles. The number of allylic oxidation sites excluding steroid dienone is 4. The summed E-state index contributed by atoms with van der Waals surface area (Å²) in [7, 11) is 0. The molecule has 0 atom stereocenters. The van der Waals surface area contributed by atoms with E-state index < -0.39 is 0 Å². The number of rotatable bonds is 0. The summed E-state index contributed by atoms with van der Waals surface area (Å²) in [4.78, 5) is 0. The van der Waals surface area contributed by atoms with Crippen LogP contribution in [0, 0.1) is 0 Å². The zero-order valence-corrected chi connectivity index (χ0v) is 8.09. The van der Waals surface area contributed by atoms with Gasteiger partial charge >= 0.3 is 71.6 Å². The second-order valence-corrected chi connectivity index (χ2v) is 3.82. The Morgan fingerprint density at radius 1 is 1.11 bits per heavy atom. The molecule has 1 heteroatoms. The van der Waals surface area contributed by atoms with Gasteiger partial charge in [-0.25, -0.2) is 0 Å². The molecule has 0 spiro atoms. The summed E-state index contributed by atoms with van der Waals surface area (Å²) in [6.07, 6.45) is 1.23. The molecule has 0 bridgehead atoms. The van der Waals surface area contributed by atoms with Gasteiger partial charge in [-0.05, 0) is 0 Å². The Bertz CT molecular complexity index is 175. The predicted molar refractivity (Wildman–Crippen MR) is 35.7 cm³/mol. The summed E-state index contributed by atoms with van der Waals surface area (Å²) in [5.41, 5.74) is 4.62. The van der Waals surface area contributed by atoms with E-state index in [1.807, 2.05) is 0 Å². The minimum absolute atomic E-state index is 1.23. The molecular formula is C8H11Sc. The van der Waals surface area contributed by atoms with Gasteiger partial charge in [-0.2, -0.15) is 0 Å². The molecule has 0 radical (unpaired) electrons. The van der Waals surface area contributed by atoms with Crippen LogP contribution < -0.4 is 0 Å². The van der Waals surface area contributed by atoms with Gasteiger partial charge in [-0.3, -0.25) is 0 Å². The zero-order chi connectivity index (χ0) is 7.02. The van der Waals surface area contributed by atoms with Crippen LogP contribution in [0.4, 0.5) is 0 Å². The second-order valence-electron chi connectivity index (χ2n) is 2.73. The molecule has 9 heavy (non-hydrogen) atoms. The van der Waals surface area contributed by atoms with Crippen molar-refractivity contribution >= 4 is 0 Å². The predicted octanol–water partition coefficient (Wildman–Crippen LogP) is 2.55. The summed E-state index contributed by atoms with van der Waals surface area (Å²) in [5.74, 6) is 0. The van der Waals surface area contributed by atoms with E-state index in [9.17, 15) is 0 Å². The van der Waals surface area contributed by atoms with E-state index in [-0.39, 0.29) is 0 Å². The average Bonchev–Trinajstić information content (AvgIpc) is 1.98. The molecule has 0 aromatic rings. The van der Waals surface area contributed by atoms with E-state index in [0.29, 0.717) is 0 Å². The van der Waals surface area contributed by atoms with Gasteiger partial charge in [0, 0.05) is 0 Å². The maximum atomic E-state index is 2.23. The molecule has 46 valence electrons. The average molecular weight is 152 g/mol. The first kappa shape index (κ1) is 7.46. The summed E-state index contributed by atoms with van der Waals surface area (Å²) >= 11 is 1.78. The third-order valence-corrected chi connectivity index (χ3v) is 3.13. The Hall–Kier alpha value is 0.350. The van der Waals surface area contributed by atoms with Crippen LogP contribution in [0.25, 0.3) is 0 Å². The molecule has 0 saturated heterocycles. The molecular weight excluding hydrogens is 141 g/mol. The molecule has 0 heterocycles. The summed E-state index contributed by atoms with van der Waals surface area (Å²) in [6, 6.07) is 0. The van der Waals surface area contributed by atoms with Crippen molar-refractivity contribution < 1.29 is 24.4 Å². The summed E-state index contributed by atoms with van der Waals surface area (Å²) < 4.78 is 1.61. The van der Waals surface area contributed by atoms with Gasteiger partial charge in [0.2, 0.25) is 0 Å². The minimum atomic E-state index is 1.23. The molecule has 1 aliphatic carbocycles. The van der Waals surface area contributed by atoms with Gasteiger partial charge in [0.25, 0.3) is 0 Å². The van der Waals surface area contributed by atoms with E-state index in [1.54, 1.807) is 33.3 Å². The van der Waals surface area contributed by atoms with Crippen LogP contribution in [0.3, 0.4) is 0 Å². The van der Waals surface area contributed by atoms with Gasteiger partial charge in [-0.1, -0.05) is 0 Å². The molecule has 0 fully saturated rings. The fourth-order valence-corrected chi connectivity index (χ4v) is 1.93. The quantitative estimate of drug-likeness (QED) is 0.500. The van der Waals surface area contributed by atoms with Crippen LogP contribution in [0.1, 0.15) is 27.2 Å². The first-order chi connectivity index (χ1) is 4.13. The molecule has 0 nitrogen and oxygen atoms in total. The van der Waals surface area contributed by atoms with Crippen molar-refractivity contribution in [2.24, 2.45) is 0 Å². The van der Waals surface area contributed by atoms with Crippen LogP contribution in [-0.2, 0) is 24.4 Å². The van der Waals surface area contributed by atoms with Gasteiger partial charge in [0.05, 0.1) is 0 Å².